The molecule has 0 radical (unpaired) electrons. The molecule has 0 atom stereocenters. The van der Waals surface area contributed by atoms with Gasteiger partial charge in [0.05, 0.1) is 35.5 Å². The fraction of sp³-hybridized carbons (Fsp3) is 0.407. The number of nitrogens with zero attached hydrogens (tertiary/aromatic N) is 2. The molecule has 3 aromatic rings. The molecular formula is C27H30ClN5O6. The number of H-pyrrole nitrogens is 1. The number of methoxy groups -OCH3 is 1. The highest BCUT2D eigenvalue weighted by molar-refractivity contribution is 6.33. The first-order valence-electron chi connectivity index (χ1n) is 12.8. The van der Waals surface area contributed by atoms with Gasteiger partial charge >= 0.3 is 12.1 Å². The Morgan fingerprint density at radius 1 is 1.31 bits per heavy atom. The van der Waals surface area contributed by atoms with Crippen LogP contribution in [0, 0.1) is 0 Å². The second-order valence-corrected chi connectivity index (χ2v) is 10.2. The molecule has 2 aliphatic rings. The number of hydrogen-bond acceptors (Lipinski definition) is 9. The van der Waals surface area contributed by atoms with Crippen LogP contribution < -0.4 is 20.7 Å². The van der Waals surface area contributed by atoms with Crippen molar-refractivity contribution < 1.29 is 28.6 Å². The maximum atomic E-state index is 13.4. The summed E-state index contributed by atoms with van der Waals surface area (Å²) in [5, 5.41) is 2.83. The van der Waals surface area contributed by atoms with E-state index in [9.17, 15) is 14.4 Å². The molecule has 1 amide bonds. The quantitative estimate of drug-likeness (QED) is 0.158. The number of fused-ring (bicyclic) bond motifs is 2. The van der Waals surface area contributed by atoms with Gasteiger partial charge in [0.25, 0.3) is 0 Å². The van der Waals surface area contributed by atoms with Crippen molar-refractivity contribution in [1.29, 1.82) is 0 Å². The third-order valence-corrected chi connectivity index (χ3v) is 7.68. The summed E-state index contributed by atoms with van der Waals surface area (Å²) in [4.78, 5) is 45.6. The van der Waals surface area contributed by atoms with E-state index in [1.54, 1.807) is 0 Å². The lowest BCUT2D eigenvalue weighted by Crippen LogP contribution is -2.47. The Labute approximate surface area is 229 Å². The third kappa shape index (κ3) is 5.44. The molecule has 0 spiro atoms. The summed E-state index contributed by atoms with van der Waals surface area (Å²) in [5.74, 6) is 0.238. The van der Waals surface area contributed by atoms with Crippen molar-refractivity contribution in [2.75, 3.05) is 42.8 Å². The lowest BCUT2D eigenvalue weighted by molar-refractivity contribution is -0.108. The molecule has 206 valence electrons. The van der Waals surface area contributed by atoms with E-state index in [1.165, 1.54) is 13.2 Å². The number of aromatic amines is 1. The van der Waals surface area contributed by atoms with E-state index in [-0.39, 0.29) is 5.56 Å². The number of rotatable bonds is 8. The van der Waals surface area contributed by atoms with Gasteiger partial charge in [-0.1, -0.05) is 11.6 Å². The molecule has 0 bridgehead atoms. The summed E-state index contributed by atoms with van der Waals surface area (Å²) < 4.78 is 16.5. The number of ether oxygens (including phenoxy) is 3. The van der Waals surface area contributed by atoms with E-state index >= 15 is 0 Å². The Kier molecular flexibility index (Phi) is 7.51. The second-order valence-electron chi connectivity index (χ2n) is 9.75. The molecule has 3 heterocycles. The van der Waals surface area contributed by atoms with Crippen molar-refractivity contribution in [3.8, 4) is 5.75 Å². The van der Waals surface area contributed by atoms with Gasteiger partial charge in [-0.25, -0.2) is 14.6 Å². The topological polar surface area (TPSA) is 149 Å². The number of hydrogen-bond donors (Lipinski definition) is 3. The summed E-state index contributed by atoms with van der Waals surface area (Å²) >= 11 is 6.32. The number of amides is 1. The maximum absolute atomic E-state index is 13.4. The van der Waals surface area contributed by atoms with Crippen molar-refractivity contribution in [2.24, 2.45) is 0 Å². The first-order chi connectivity index (χ1) is 18.8. The Hall–Kier alpha value is -3.99. The number of aromatic nitrogens is 2. The molecular weight excluding hydrogens is 526 g/mol. The van der Waals surface area contributed by atoms with E-state index in [0.717, 1.165) is 23.1 Å². The Bertz CT molecular complexity index is 1420. The van der Waals surface area contributed by atoms with Crippen LogP contribution in [0.3, 0.4) is 0 Å². The molecule has 5 rings (SSSR count). The average molecular weight is 556 g/mol. The zero-order valence-electron chi connectivity index (χ0n) is 21.5. The van der Waals surface area contributed by atoms with Crippen molar-refractivity contribution in [3.63, 3.8) is 0 Å². The molecule has 0 saturated carbocycles. The number of esters is 1. The predicted molar refractivity (Wildman–Crippen MR) is 147 cm³/mol. The van der Waals surface area contributed by atoms with Crippen molar-refractivity contribution in [1.82, 2.24) is 9.97 Å². The number of halogens is 1. The van der Waals surface area contributed by atoms with Gasteiger partial charge in [0, 0.05) is 50.0 Å². The van der Waals surface area contributed by atoms with Crippen LogP contribution in [0.5, 0.6) is 5.75 Å². The lowest BCUT2D eigenvalue weighted by atomic mass is 9.85. The summed E-state index contributed by atoms with van der Waals surface area (Å²) in [6, 6.07) is 7.32. The first kappa shape index (κ1) is 26.6. The number of nitrogens with one attached hydrogen (secondary N) is 2. The molecule has 1 saturated heterocycles. The van der Waals surface area contributed by atoms with E-state index in [1.807, 2.05) is 18.2 Å². The fourth-order valence-electron chi connectivity index (χ4n) is 5.25. The minimum Gasteiger partial charge on any atom is -0.492 e. The van der Waals surface area contributed by atoms with E-state index < -0.39 is 17.7 Å². The number of benzene rings is 2. The van der Waals surface area contributed by atoms with Crippen LogP contribution in [0.1, 0.15) is 48.0 Å². The minimum atomic E-state index is -0.731. The molecule has 1 aromatic heterocycles. The van der Waals surface area contributed by atoms with Gasteiger partial charge < -0.3 is 34.6 Å². The van der Waals surface area contributed by atoms with Crippen LogP contribution in [-0.4, -0.2) is 60.7 Å². The van der Waals surface area contributed by atoms with Crippen molar-refractivity contribution in [2.45, 2.75) is 44.1 Å². The van der Waals surface area contributed by atoms with Gasteiger partial charge in [-0.15, -0.1) is 0 Å². The zero-order chi connectivity index (χ0) is 27.6. The average Bonchev–Trinajstić information content (AvgIpc) is 3.58. The minimum absolute atomic E-state index is 0.278. The molecule has 2 aromatic carbocycles. The number of imidazole rings is 1. The summed E-state index contributed by atoms with van der Waals surface area (Å²) in [5.41, 5.74) is 9.25. The highest BCUT2D eigenvalue weighted by Gasteiger charge is 2.39. The van der Waals surface area contributed by atoms with Crippen molar-refractivity contribution in [3.05, 3.63) is 40.4 Å². The third-order valence-electron chi connectivity index (χ3n) is 7.37. The van der Waals surface area contributed by atoms with Crippen LogP contribution in [0.15, 0.2) is 24.3 Å². The SMILES string of the molecule is COC(=O)Nc1nc2ccc(N3CCC(CCCC=O)(OC(=O)c4cc(Cl)c(N)c5c4OCC5)CC3)cc2[nH]1. The lowest BCUT2D eigenvalue weighted by Gasteiger charge is -2.42. The zero-order valence-corrected chi connectivity index (χ0v) is 22.3. The standard InChI is InChI=1S/C27H30ClN5O6/c1-37-26(36)32-25-30-20-5-4-16(14-21(20)31-25)33-10-8-27(9-11-33,7-2-3-12-34)39-24(35)18-15-19(28)22(29)17-6-13-38-23(17)18/h4-5,12,14-15H,2-3,6-11,13,29H2,1H3,(H2,30,31,32,36). The number of piperidine rings is 1. The van der Waals surface area contributed by atoms with Crippen LogP contribution in [-0.2, 0) is 20.7 Å². The molecule has 4 N–H and O–H groups in total. The number of carbonyl (C=O) groups excluding carboxylic acids is 3. The summed E-state index contributed by atoms with van der Waals surface area (Å²) in [7, 11) is 1.29. The second kappa shape index (κ2) is 11.0. The number of nitrogens with two attached hydrogens (primary N) is 1. The van der Waals surface area contributed by atoms with Crippen molar-refractivity contribution >= 4 is 58.3 Å². The Morgan fingerprint density at radius 3 is 2.85 bits per heavy atom. The largest absolute Gasteiger partial charge is 0.492 e. The normalized spacial score (nSPS) is 15.9. The molecule has 0 unspecified atom stereocenters. The van der Waals surface area contributed by atoms with Gasteiger partial charge in [-0.3, -0.25) is 5.32 Å². The fourth-order valence-corrected chi connectivity index (χ4v) is 5.48. The highest BCUT2D eigenvalue weighted by Crippen LogP contribution is 2.41. The van der Waals surface area contributed by atoms with Crippen LogP contribution >= 0.6 is 11.6 Å². The molecule has 0 aliphatic carbocycles. The van der Waals surface area contributed by atoms with Gasteiger partial charge in [-0.05, 0) is 37.1 Å². The number of nitrogen functional groups attached to an aromatic ring is 1. The van der Waals surface area contributed by atoms with Gasteiger partial charge in [0.2, 0.25) is 5.95 Å². The predicted octanol–water partition coefficient (Wildman–Crippen LogP) is 4.48. The maximum Gasteiger partial charge on any atom is 0.413 e. The van der Waals surface area contributed by atoms with Gasteiger partial charge in [0.1, 0.15) is 23.2 Å². The van der Waals surface area contributed by atoms with E-state index in [0.29, 0.717) is 86.1 Å². The van der Waals surface area contributed by atoms with E-state index in [2.05, 4.69) is 24.9 Å². The van der Waals surface area contributed by atoms with Crippen LogP contribution in [0.25, 0.3) is 11.0 Å². The monoisotopic (exact) mass is 555 g/mol. The molecule has 39 heavy (non-hydrogen) atoms. The first-order valence-corrected chi connectivity index (χ1v) is 13.2. The molecule has 12 heteroatoms. The number of anilines is 3. The summed E-state index contributed by atoms with van der Waals surface area (Å²) in [6.07, 6.45) is 3.61. The Morgan fingerprint density at radius 2 is 2.10 bits per heavy atom. The van der Waals surface area contributed by atoms with Gasteiger partial charge in [0.15, 0.2) is 0 Å². The number of unbranched alkanes of at least 4 members (excludes halogenated alkanes) is 1. The molecule has 1 fully saturated rings. The van der Waals surface area contributed by atoms with Gasteiger partial charge in [-0.2, -0.15) is 0 Å². The number of aldehydes is 1. The molecule has 2 aliphatic heterocycles. The van der Waals surface area contributed by atoms with Crippen LogP contribution in [0.4, 0.5) is 22.1 Å². The smallest absolute Gasteiger partial charge is 0.413 e. The highest BCUT2D eigenvalue weighted by atomic mass is 35.5. The van der Waals surface area contributed by atoms with E-state index in [4.69, 9.17) is 26.8 Å². The molecule has 11 nitrogen and oxygen atoms in total. The number of carbonyl (C=O) groups is 3. The van der Waals surface area contributed by atoms with Crippen LogP contribution in [0.2, 0.25) is 5.02 Å². The summed E-state index contributed by atoms with van der Waals surface area (Å²) in [6.45, 7) is 1.71. The Balaban J connectivity index is 1.33.